The second kappa shape index (κ2) is 6.53. The number of anilines is 1. The van der Waals surface area contributed by atoms with Gasteiger partial charge in [0.25, 0.3) is 0 Å². The molecule has 2 N–H and O–H groups in total. The molecule has 1 aromatic carbocycles. The lowest BCUT2D eigenvalue weighted by Gasteiger charge is -2.23. The van der Waals surface area contributed by atoms with Crippen LogP contribution >= 0.6 is 0 Å². The maximum Gasteiger partial charge on any atom is 0.146 e. The van der Waals surface area contributed by atoms with Gasteiger partial charge in [0.05, 0.1) is 5.69 Å². The predicted octanol–water partition coefficient (Wildman–Crippen LogP) is 3.83. The highest BCUT2D eigenvalue weighted by molar-refractivity contribution is 5.47. The highest BCUT2D eigenvalue weighted by Crippen LogP contribution is 2.27. The van der Waals surface area contributed by atoms with E-state index in [-0.39, 0.29) is 5.82 Å². The molecular formula is C16H24F2N2. The van der Waals surface area contributed by atoms with Crippen LogP contribution in [-0.2, 0) is 5.67 Å². The summed E-state index contributed by atoms with van der Waals surface area (Å²) in [4.78, 5) is 0. The zero-order chi connectivity index (χ0) is 14.6. The summed E-state index contributed by atoms with van der Waals surface area (Å²) in [6, 6.07) is 4.57. The summed E-state index contributed by atoms with van der Waals surface area (Å²) in [7, 11) is 0. The van der Waals surface area contributed by atoms with Crippen molar-refractivity contribution in [3.63, 3.8) is 0 Å². The van der Waals surface area contributed by atoms with E-state index in [0.29, 0.717) is 11.3 Å². The Balaban J connectivity index is 1.86. The molecule has 20 heavy (non-hydrogen) atoms. The predicted molar refractivity (Wildman–Crippen MR) is 79.2 cm³/mol. The number of rotatable bonds is 5. The van der Waals surface area contributed by atoms with Gasteiger partial charge in [-0.2, -0.15) is 0 Å². The van der Waals surface area contributed by atoms with Gasteiger partial charge in [0.1, 0.15) is 11.5 Å². The molecule has 0 radical (unpaired) electrons. The monoisotopic (exact) mass is 282 g/mol. The lowest BCUT2D eigenvalue weighted by Crippen LogP contribution is -2.28. The van der Waals surface area contributed by atoms with E-state index in [0.717, 1.165) is 32.0 Å². The van der Waals surface area contributed by atoms with Gasteiger partial charge < -0.3 is 10.6 Å². The average molecular weight is 282 g/mol. The van der Waals surface area contributed by atoms with Crippen LogP contribution < -0.4 is 10.6 Å². The van der Waals surface area contributed by atoms with E-state index in [9.17, 15) is 8.78 Å². The Kier molecular flexibility index (Phi) is 4.97. The van der Waals surface area contributed by atoms with Gasteiger partial charge in [0.15, 0.2) is 0 Å². The first-order valence-corrected chi connectivity index (χ1v) is 7.40. The molecule has 1 aliphatic rings. The molecule has 0 bridgehead atoms. The largest absolute Gasteiger partial charge is 0.383 e. The molecule has 4 heteroatoms. The van der Waals surface area contributed by atoms with Crippen LogP contribution in [-0.4, -0.2) is 19.6 Å². The highest BCUT2D eigenvalue weighted by Gasteiger charge is 2.20. The summed E-state index contributed by atoms with van der Waals surface area (Å²) in [6.45, 7) is 5.80. The number of benzene rings is 1. The van der Waals surface area contributed by atoms with Gasteiger partial charge in [-0.1, -0.05) is 6.07 Å². The molecule has 1 aliphatic heterocycles. The van der Waals surface area contributed by atoms with E-state index in [1.54, 1.807) is 12.1 Å². The lowest BCUT2D eigenvalue weighted by atomic mass is 9.94. The Morgan fingerprint density at radius 2 is 2.00 bits per heavy atom. The number of alkyl halides is 1. The third-order valence-electron chi connectivity index (χ3n) is 3.98. The number of piperidine rings is 1. The van der Waals surface area contributed by atoms with Crippen molar-refractivity contribution in [1.29, 1.82) is 0 Å². The molecule has 0 saturated carbocycles. The first kappa shape index (κ1) is 15.2. The van der Waals surface area contributed by atoms with Crippen LogP contribution in [0.5, 0.6) is 0 Å². The second-order valence-corrected chi connectivity index (χ2v) is 6.08. The summed E-state index contributed by atoms with van der Waals surface area (Å²) >= 11 is 0. The van der Waals surface area contributed by atoms with Crippen LogP contribution in [0.4, 0.5) is 14.5 Å². The fourth-order valence-electron chi connectivity index (χ4n) is 2.61. The molecule has 112 valence electrons. The minimum atomic E-state index is -1.51. The van der Waals surface area contributed by atoms with Gasteiger partial charge >= 0.3 is 0 Å². The van der Waals surface area contributed by atoms with Gasteiger partial charge in [0, 0.05) is 6.54 Å². The Hall–Kier alpha value is -1.16. The summed E-state index contributed by atoms with van der Waals surface area (Å²) in [6.07, 6.45) is 3.44. The number of hydrogen-bond acceptors (Lipinski definition) is 2. The third-order valence-corrected chi connectivity index (χ3v) is 3.98. The van der Waals surface area contributed by atoms with Crippen molar-refractivity contribution in [2.75, 3.05) is 25.0 Å². The molecule has 0 amide bonds. The molecule has 1 saturated heterocycles. The van der Waals surface area contributed by atoms with Crippen molar-refractivity contribution < 1.29 is 8.78 Å². The Morgan fingerprint density at radius 3 is 2.60 bits per heavy atom. The standard InChI is InChI=1S/C16H24F2N2/c1-16(2,18)13-3-4-15(14(17)11-13)20-10-7-12-5-8-19-9-6-12/h3-4,11-12,19-20H,5-10H2,1-2H3. The molecular weight excluding hydrogens is 258 g/mol. The van der Waals surface area contributed by atoms with Crippen molar-refractivity contribution in [3.8, 4) is 0 Å². The first-order valence-electron chi connectivity index (χ1n) is 7.40. The molecule has 0 unspecified atom stereocenters. The van der Waals surface area contributed by atoms with E-state index in [1.807, 2.05) is 0 Å². The SMILES string of the molecule is CC(C)(F)c1ccc(NCCC2CCNCC2)c(F)c1. The molecule has 2 rings (SSSR count). The molecule has 2 nitrogen and oxygen atoms in total. The van der Waals surface area contributed by atoms with Crippen LogP contribution in [0, 0.1) is 11.7 Å². The maximum absolute atomic E-state index is 13.9. The summed E-state index contributed by atoms with van der Waals surface area (Å²) in [5.41, 5.74) is -0.667. The fourth-order valence-corrected chi connectivity index (χ4v) is 2.61. The molecule has 0 spiro atoms. The molecule has 1 heterocycles. The number of nitrogens with one attached hydrogen (secondary N) is 2. The zero-order valence-corrected chi connectivity index (χ0v) is 12.3. The Morgan fingerprint density at radius 1 is 1.30 bits per heavy atom. The summed E-state index contributed by atoms with van der Waals surface area (Å²) in [5, 5.41) is 6.46. The van der Waals surface area contributed by atoms with Gasteiger partial charge in [-0.25, -0.2) is 8.78 Å². The van der Waals surface area contributed by atoms with Crippen molar-refractivity contribution in [2.24, 2.45) is 5.92 Å². The van der Waals surface area contributed by atoms with Gasteiger partial charge in [-0.05, 0) is 69.8 Å². The molecule has 0 atom stereocenters. The molecule has 1 fully saturated rings. The van der Waals surface area contributed by atoms with Crippen LogP contribution in [0.3, 0.4) is 0 Å². The van der Waals surface area contributed by atoms with E-state index >= 15 is 0 Å². The van der Waals surface area contributed by atoms with Crippen molar-refractivity contribution >= 4 is 5.69 Å². The topological polar surface area (TPSA) is 24.1 Å². The zero-order valence-electron chi connectivity index (χ0n) is 12.3. The summed E-state index contributed by atoms with van der Waals surface area (Å²) < 4.78 is 27.6. The minimum Gasteiger partial charge on any atom is -0.383 e. The number of halogens is 2. The smallest absolute Gasteiger partial charge is 0.146 e. The minimum absolute atomic E-state index is 0.374. The lowest BCUT2D eigenvalue weighted by molar-refractivity contribution is 0.221. The van der Waals surface area contributed by atoms with Gasteiger partial charge in [-0.3, -0.25) is 0 Å². The Bertz CT molecular complexity index is 435. The van der Waals surface area contributed by atoms with Crippen LogP contribution in [0.1, 0.15) is 38.7 Å². The molecule has 0 aliphatic carbocycles. The average Bonchev–Trinajstić information content (AvgIpc) is 2.40. The quantitative estimate of drug-likeness (QED) is 0.857. The number of hydrogen-bond donors (Lipinski definition) is 2. The van der Waals surface area contributed by atoms with Crippen molar-refractivity contribution in [1.82, 2.24) is 5.32 Å². The van der Waals surface area contributed by atoms with E-state index in [4.69, 9.17) is 0 Å². The highest BCUT2D eigenvalue weighted by atomic mass is 19.1. The van der Waals surface area contributed by atoms with E-state index < -0.39 is 5.67 Å². The Labute approximate surface area is 120 Å². The van der Waals surface area contributed by atoms with Gasteiger partial charge in [-0.15, -0.1) is 0 Å². The second-order valence-electron chi connectivity index (χ2n) is 6.08. The fraction of sp³-hybridized carbons (Fsp3) is 0.625. The van der Waals surface area contributed by atoms with Crippen LogP contribution in [0.15, 0.2) is 18.2 Å². The van der Waals surface area contributed by atoms with Crippen LogP contribution in [0.2, 0.25) is 0 Å². The van der Waals surface area contributed by atoms with E-state index in [2.05, 4.69) is 10.6 Å². The van der Waals surface area contributed by atoms with Crippen LogP contribution in [0.25, 0.3) is 0 Å². The third kappa shape index (κ3) is 4.17. The van der Waals surface area contributed by atoms with E-state index in [1.165, 1.54) is 32.8 Å². The molecule has 0 aromatic heterocycles. The molecule has 1 aromatic rings. The normalized spacial score (nSPS) is 17.2. The summed E-state index contributed by atoms with van der Waals surface area (Å²) in [5.74, 6) is 0.342. The van der Waals surface area contributed by atoms with Crippen molar-refractivity contribution in [2.45, 2.75) is 38.8 Å². The maximum atomic E-state index is 13.9. The van der Waals surface area contributed by atoms with Crippen molar-refractivity contribution in [3.05, 3.63) is 29.6 Å². The van der Waals surface area contributed by atoms with Gasteiger partial charge in [0.2, 0.25) is 0 Å². The first-order chi connectivity index (χ1) is 9.47.